The van der Waals surface area contributed by atoms with Crippen LogP contribution in [0.1, 0.15) is 26.5 Å². The van der Waals surface area contributed by atoms with Gasteiger partial charge in [0.05, 0.1) is 23.4 Å². The minimum Gasteiger partial charge on any atom is -0.379 e. The third-order valence-electron chi connectivity index (χ3n) is 4.71. The summed E-state index contributed by atoms with van der Waals surface area (Å²) in [6.07, 6.45) is 0. The average molecular weight is 369 g/mol. The zero-order valence-corrected chi connectivity index (χ0v) is 15.9. The van der Waals surface area contributed by atoms with E-state index >= 15 is 0 Å². The second-order valence-corrected chi connectivity index (χ2v) is 8.04. The summed E-state index contributed by atoms with van der Waals surface area (Å²) in [5, 5.41) is 3.02. The first-order valence-corrected chi connectivity index (χ1v) is 9.71. The van der Waals surface area contributed by atoms with E-state index in [2.05, 4.69) is 28.2 Å². The molecule has 3 heterocycles. The number of aryl methyl sites for hydroxylation is 2. The summed E-state index contributed by atoms with van der Waals surface area (Å²) in [6, 6.07) is 9.99. The van der Waals surface area contributed by atoms with Crippen molar-refractivity contribution < 1.29 is 9.53 Å². The Bertz CT molecular complexity index is 921. The topological polar surface area (TPSA) is 57.4 Å². The van der Waals surface area contributed by atoms with Crippen LogP contribution in [0.2, 0.25) is 0 Å². The number of aromatic nitrogens is 1. The van der Waals surface area contributed by atoms with Crippen LogP contribution in [-0.2, 0) is 11.3 Å². The molecule has 0 aliphatic carbocycles. The lowest BCUT2D eigenvalue weighted by Crippen LogP contribution is -2.36. The number of nitrogens with zero attached hydrogens (tertiary/aromatic N) is 1. The molecule has 3 aromatic rings. The summed E-state index contributed by atoms with van der Waals surface area (Å²) in [5.41, 5.74) is 4.78. The number of ether oxygens (including phenoxy) is 1. The lowest BCUT2D eigenvalue weighted by molar-refractivity contribution is 0.0343. The molecule has 0 unspecified atom stereocenters. The van der Waals surface area contributed by atoms with Gasteiger partial charge in [-0.25, -0.2) is 0 Å². The Morgan fingerprint density at radius 3 is 2.69 bits per heavy atom. The molecule has 6 heteroatoms. The zero-order chi connectivity index (χ0) is 18.1. The normalized spacial score (nSPS) is 15.5. The van der Waals surface area contributed by atoms with Crippen LogP contribution in [0.25, 0.3) is 10.2 Å². The largest absolute Gasteiger partial charge is 0.379 e. The number of morpholine rings is 1. The quantitative estimate of drug-likeness (QED) is 0.733. The van der Waals surface area contributed by atoms with Crippen molar-refractivity contribution >= 4 is 33.1 Å². The van der Waals surface area contributed by atoms with E-state index in [4.69, 9.17) is 4.74 Å². The fourth-order valence-electron chi connectivity index (χ4n) is 3.31. The minimum atomic E-state index is -0.0850. The molecule has 2 N–H and O–H groups in total. The Kier molecular flexibility index (Phi) is 4.80. The van der Waals surface area contributed by atoms with Crippen LogP contribution in [0, 0.1) is 13.8 Å². The number of thiophene rings is 1. The molecule has 4 rings (SSSR count). The summed E-state index contributed by atoms with van der Waals surface area (Å²) < 4.78 is 6.63. The second kappa shape index (κ2) is 7.23. The smallest absolute Gasteiger partial charge is 0.272 e. The maximum Gasteiger partial charge on any atom is 0.272 e. The molecule has 136 valence electrons. The fraction of sp³-hybridized carbons (Fsp3) is 0.350. The van der Waals surface area contributed by atoms with Crippen molar-refractivity contribution in [2.75, 3.05) is 31.6 Å². The number of aromatic amines is 1. The number of carbonyl (C=O) groups is 1. The Balaban J connectivity index is 1.64. The van der Waals surface area contributed by atoms with Gasteiger partial charge < -0.3 is 15.0 Å². The van der Waals surface area contributed by atoms with Gasteiger partial charge in [-0.3, -0.25) is 9.69 Å². The summed E-state index contributed by atoms with van der Waals surface area (Å²) in [7, 11) is 0. The molecular weight excluding hydrogens is 346 g/mol. The van der Waals surface area contributed by atoms with Crippen molar-refractivity contribution in [2.24, 2.45) is 0 Å². The van der Waals surface area contributed by atoms with E-state index in [1.807, 2.05) is 31.2 Å². The number of benzene rings is 1. The highest BCUT2D eigenvalue weighted by Gasteiger charge is 2.22. The Morgan fingerprint density at radius 1 is 1.23 bits per heavy atom. The molecule has 1 amide bonds. The lowest BCUT2D eigenvalue weighted by atomic mass is 10.2. The van der Waals surface area contributed by atoms with Gasteiger partial charge >= 0.3 is 0 Å². The number of hydrogen-bond donors (Lipinski definition) is 2. The van der Waals surface area contributed by atoms with Crippen molar-refractivity contribution in [1.82, 2.24) is 9.88 Å². The number of carbonyl (C=O) groups excluding carboxylic acids is 1. The highest BCUT2D eigenvalue weighted by Crippen LogP contribution is 2.32. The van der Waals surface area contributed by atoms with Crippen LogP contribution in [0.3, 0.4) is 0 Å². The molecule has 0 radical (unpaired) electrons. The van der Waals surface area contributed by atoms with E-state index in [9.17, 15) is 4.79 Å². The van der Waals surface area contributed by atoms with Gasteiger partial charge in [-0.15, -0.1) is 11.3 Å². The predicted octanol–water partition coefficient (Wildman–Crippen LogP) is 3.93. The third kappa shape index (κ3) is 3.53. The van der Waals surface area contributed by atoms with Gasteiger partial charge in [0.2, 0.25) is 0 Å². The average Bonchev–Trinajstić information content (AvgIpc) is 3.15. The van der Waals surface area contributed by atoms with Gasteiger partial charge in [0.25, 0.3) is 5.91 Å². The Labute approximate surface area is 157 Å². The number of fused-ring (bicyclic) bond motifs is 1. The fourth-order valence-corrected chi connectivity index (χ4v) is 4.32. The van der Waals surface area contributed by atoms with Crippen molar-refractivity contribution in [3.8, 4) is 0 Å². The van der Waals surface area contributed by atoms with E-state index < -0.39 is 0 Å². The summed E-state index contributed by atoms with van der Waals surface area (Å²) >= 11 is 1.74. The van der Waals surface area contributed by atoms with Crippen LogP contribution >= 0.6 is 11.3 Å². The summed E-state index contributed by atoms with van der Waals surface area (Å²) in [4.78, 5) is 19.9. The maximum absolute atomic E-state index is 12.9. The molecule has 1 aromatic carbocycles. The van der Waals surface area contributed by atoms with Crippen molar-refractivity contribution in [2.45, 2.75) is 20.4 Å². The van der Waals surface area contributed by atoms with Crippen LogP contribution in [0.5, 0.6) is 0 Å². The maximum atomic E-state index is 12.9. The predicted molar refractivity (Wildman–Crippen MR) is 106 cm³/mol. The first kappa shape index (κ1) is 17.3. The Morgan fingerprint density at radius 2 is 1.96 bits per heavy atom. The van der Waals surface area contributed by atoms with Crippen LogP contribution in [0.4, 0.5) is 5.69 Å². The molecule has 26 heavy (non-hydrogen) atoms. The standard InChI is InChI=1S/C20H23N3O2S/c1-13-3-5-15(6-4-13)21-20(24)18-16(12-23-7-9-25-10-8-23)19-17(22-18)11-14(2)26-19/h3-6,11,22H,7-10,12H2,1-2H3,(H,21,24). The number of amides is 1. The molecule has 0 spiro atoms. The first-order valence-electron chi connectivity index (χ1n) is 8.89. The van der Waals surface area contributed by atoms with Gasteiger partial charge in [-0.05, 0) is 32.0 Å². The van der Waals surface area contributed by atoms with Crippen LogP contribution < -0.4 is 5.32 Å². The van der Waals surface area contributed by atoms with Gasteiger partial charge in [0, 0.05) is 35.8 Å². The van der Waals surface area contributed by atoms with Gasteiger partial charge in [0.15, 0.2) is 0 Å². The number of rotatable bonds is 4. The van der Waals surface area contributed by atoms with E-state index in [1.54, 1.807) is 11.3 Å². The molecule has 0 bridgehead atoms. The van der Waals surface area contributed by atoms with Crippen molar-refractivity contribution in [3.05, 3.63) is 52.0 Å². The minimum absolute atomic E-state index is 0.0850. The van der Waals surface area contributed by atoms with E-state index in [-0.39, 0.29) is 5.91 Å². The highest BCUT2D eigenvalue weighted by molar-refractivity contribution is 7.19. The highest BCUT2D eigenvalue weighted by atomic mass is 32.1. The van der Waals surface area contributed by atoms with E-state index in [0.29, 0.717) is 5.69 Å². The van der Waals surface area contributed by atoms with Crippen LogP contribution in [-0.4, -0.2) is 42.1 Å². The van der Waals surface area contributed by atoms with E-state index in [1.165, 1.54) is 15.1 Å². The molecule has 1 aliphatic rings. The van der Waals surface area contributed by atoms with Crippen molar-refractivity contribution in [1.29, 1.82) is 0 Å². The first-order chi connectivity index (χ1) is 12.6. The molecule has 0 saturated carbocycles. The molecule has 1 saturated heterocycles. The second-order valence-electron chi connectivity index (χ2n) is 6.79. The van der Waals surface area contributed by atoms with Crippen LogP contribution in [0.15, 0.2) is 30.3 Å². The molecular formula is C20H23N3O2S. The van der Waals surface area contributed by atoms with E-state index in [0.717, 1.165) is 49.6 Å². The number of anilines is 1. The molecule has 1 aliphatic heterocycles. The lowest BCUT2D eigenvalue weighted by Gasteiger charge is -2.26. The monoisotopic (exact) mass is 369 g/mol. The Hall–Kier alpha value is -2.15. The molecule has 0 atom stereocenters. The number of H-pyrrole nitrogens is 1. The molecule has 5 nitrogen and oxygen atoms in total. The molecule has 2 aromatic heterocycles. The molecule has 1 fully saturated rings. The number of hydrogen-bond acceptors (Lipinski definition) is 4. The van der Waals surface area contributed by atoms with Crippen molar-refractivity contribution in [3.63, 3.8) is 0 Å². The SMILES string of the molecule is Cc1ccc(NC(=O)c2[nH]c3cc(C)sc3c2CN2CCOCC2)cc1. The zero-order valence-electron chi connectivity index (χ0n) is 15.1. The summed E-state index contributed by atoms with van der Waals surface area (Å²) in [5.74, 6) is -0.0850. The van der Waals surface area contributed by atoms with Gasteiger partial charge in [-0.2, -0.15) is 0 Å². The van der Waals surface area contributed by atoms with Gasteiger partial charge in [-0.1, -0.05) is 17.7 Å². The van der Waals surface area contributed by atoms with Gasteiger partial charge in [0.1, 0.15) is 5.69 Å². The third-order valence-corrected chi connectivity index (χ3v) is 5.82. The number of nitrogens with one attached hydrogen (secondary N) is 2. The summed E-state index contributed by atoms with van der Waals surface area (Å²) in [6.45, 7) is 8.20.